The highest BCUT2D eigenvalue weighted by atomic mass is 32.2. The lowest BCUT2D eigenvalue weighted by Gasteiger charge is -2.33. The first-order valence-electron chi connectivity index (χ1n) is 6.45. The van der Waals surface area contributed by atoms with Gasteiger partial charge in [0.25, 0.3) is 0 Å². The molecule has 0 bridgehead atoms. The van der Waals surface area contributed by atoms with Crippen molar-refractivity contribution >= 4 is 15.7 Å². The van der Waals surface area contributed by atoms with Crippen LogP contribution in [0.4, 0.5) is 10.1 Å². The van der Waals surface area contributed by atoms with Crippen molar-refractivity contribution in [3.05, 3.63) is 24.0 Å². The Hall–Kier alpha value is -1.18. The molecule has 1 aliphatic rings. The van der Waals surface area contributed by atoms with Crippen molar-refractivity contribution in [3.8, 4) is 0 Å². The summed E-state index contributed by atoms with van der Waals surface area (Å²) >= 11 is 0. The lowest BCUT2D eigenvalue weighted by atomic mass is 9.83. The van der Waals surface area contributed by atoms with Crippen LogP contribution in [0.15, 0.2) is 23.1 Å². The van der Waals surface area contributed by atoms with Crippen LogP contribution >= 0.6 is 0 Å². The molecule has 7 heteroatoms. The molecule has 0 aromatic heterocycles. The zero-order valence-corrected chi connectivity index (χ0v) is 12.2. The quantitative estimate of drug-likeness (QED) is 0.826. The number of nitrogens with two attached hydrogens (primary N) is 1. The van der Waals surface area contributed by atoms with Crippen LogP contribution in [0, 0.1) is 11.2 Å². The maximum atomic E-state index is 13.2. The number of nitrogens with one attached hydrogen (secondary N) is 1. The van der Waals surface area contributed by atoms with Gasteiger partial charge in [-0.3, -0.25) is 0 Å². The number of nitrogen functional groups attached to an aromatic ring is 1. The monoisotopic (exact) mass is 302 g/mol. The molecule has 1 aliphatic heterocycles. The minimum atomic E-state index is -3.81. The summed E-state index contributed by atoms with van der Waals surface area (Å²) in [4.78, 5) is -0.215. The van der Waals surface area contributed by atoms with E-state index in [-0.39, 0.29) is 22.5 Å². The van der Waals surface area contributed by atoms with Gasteiger partial charge in [-0.1, -0.05) is 6.92 Å². The first-order valence-corrected chi connectivity index (χ1v) is 7.93. The summed E-state index contributed by atoms with van der Waals surface area (Å²) in [5.41, 5.74) is 5.50. The van der Waals surface area contributed by atoms with E-state index in [0.29, 0.717) is 13.2 Å². The number of hydrogen-bond acceptors (Lipinski definition) is 4. The Balaban J connectivity index is 2.13. The van der Waals surface area contributed by atoms with Gasteiger partial charge in [-0.25, -0.2) is 17.5 Å². The predicted molar refractivity (Wildman–Crippen MR) is 74.2 cm³/mol. The smallest absolute Gasteiger partial charge is 0.242 e. The van der Waals surface area contributed by atoms with Gasteiger partial charge in [0.15, 0.2) is 0 Å². The Morgan fingerprint density at radius 2 is 2.05 bits per heavy atom. The highest BCUT2D eigenvalue weighted by molar-refractivity contribution is 7.89. The number of anilines is 1. The second-order valence-electron chi connectivity index (χ2n) is 5.43. The highest BCUT2D eigenvalue weighted by Gasteiger charge is 2.29. The molecule has 0 unspecified atom stereocenters. The molecule has 3 N–H and O–H groups in total. The molecule has 1 fully saturated rings. The molecule has 20 heavy (non-hydrogen) atoms. The first-order chi connectivity index (χ1) is 9.32. The van der Waals surface area contributed by atoms with Crippen molar-refractivity contribution in [2.24, 2.45) is 5.41 Å². The summed E-state index contributed by atoms with van der Waals surface area (Å²) in [6, 6.07) is 3.32. The van der Waals surface area contributed by atoms with Gasteiger partial charge in [0.05, 0.1) is 5.69 Å². The summed E-state index contributed by atoms with van der Waals surface area (Å²) in [6.45, 7) is 3.54. The van der Waals surface area contributed by atoms with Gasteiger partial charge in [0.1, 0.15) is 10.7 Å². The second-order valence-corrected chi connectivity index (χ2v) is 7.17. The summed E-state index contributed by atoms with van der Waals surface area (Å²) in [5.74, 6) is -0.628. The molecule has 0 spiro atoms. The van der Waals surface area contributed by atoms with Crippen LogP contribution in [-0.4, -0.2) is 28.2 Å². The molecule has 0 aliphatic carbocycles. The molecule has 1 heterocycles. The van der Waals surface area contributed by atoms with Gasteiger partial charge >= 0.3 is 0 Å². The van der Waals surface area contributed by atoms with Crippen LogP contribution in [0.3, 0.4) is 0 Å². The fourth-order valence-corrected chi connectivity index (χ4v) is 3.47. The van der Waals surface area contributed by atoms with Crippen LogP contribution in [0.2, 0.25) is 0 Å². The molecule has 0 amide bonds. The normalized spacial score (nSPS) is 18.9. The van der Waals surface area contributed by atoms with E-state index in [4.69, 9.17) is 10.5 Å². The Morgan fingerprint density at radius 1 is 1.40 bits per heavy atom. The fourth-order valence-electron chi connectivity index (χ4n) is 2.13. The van der Waals surface area contributed by atoms with Crippen LogP contribution < -0.4 is 10.5 Å². The standard InChI is InChI=1S/C13H19FN2O3S/c1-13(4-6-19-7-5-13)9-16-20(17,18)12-8-10(14)2-3-11(12)15/h2-3,8,16H,4-7,9,15H2,1H3. The summed E-state index contributed by atoms with van der Waals surface area (Å²) in [5, 5.41) is 0. The Kier molecular flexibility index (Phi) is 4.31. The van der Waals surface area contributed by atoms with Crippen molar-refractivity contribution in [2.75, 3.05) is 25.5 Å². The molecular weight excluding hydrogens is 283 g/mol. The Labute approximate surface area is 118 Å². The molecule has 112 valence electrons. The minimum Gasteiger partial charge on any atom is -0.398 e. The third kappa shape index (κ3) is 3.47. The van der Waals surface area contributed by atoms with E-state index >= 15 is 0 Å². The maximum Gasteiger partial charge on any atom is 0.242 e. The average Bonchev–Trinajstić information content (AvgIpc) is 2.40. The fraction of sp³-hybridized carbons (Fsp3) is 0.538. The topological polar surface area (TPSA) is 81.4 Å². The van der Waals surface area contributed by atoms with Gasteiger partial charge in [-0.2, -0.15) is 0 Å². The van der Waals surface area contributed by atoms with E-state index in [9.17, 15) is 12.8 Å². The van der Waals surface area contributed by atoms with Gasteiger partial charge in [0, 0.05) is 19.8 Å². The number of ether oxygens (including phenoxy) is 1. The Bertz CT molecular complexity index is 583. The van der Waals surface area contributed by atoms with Gasteiger partial charge in [-0.05, 0) is 36.5 Å². The zero-order chi connectivity index (χ0) is 14.8. The SMILES string of the molecule is CC1(CNS(=O)(=O)c2cc(F)ccc2N)CCOCC1. The summed E-state index contributed by atoms with van der Waals surface area (Å²) < 4.78 is 45.4. The molecule has 0 radical (unpaired) electrons. The minimum absolute atomic E-state index is 0.0380. The van der Waals surface area contributed by atoms with Gasteiger partial charge in [-0.15, -0.1) is 0 Å². The third-order valence-electron chi connectivity index (χ3n) is 3.65. The molecule has 5 nitrogen and oxygen atoms in total. The van der Waals surface area contributed by atoms with E-state index < -0.39 is 15.8 Å². The molecule has 0 atom stereocenters. The number of rotatable bonds is 4. The lowest BCUT2D eigenvalue weighted by molar-refractivity contribution is 0.0265. The lowest BCUT2D eigenvalue weighted by Crippen LogP contribution is -2.39. The summed E-state index contributed by atoms with van der Waals surface area (Å²) in [6.07, 6.45) is 1.57. The van der Waals surface area contributed by atoms with Crippen LogP contribution in [0.25, 0.3) is 0 Å². The van der Waals surface area contributed by atoms with E-state index in [1.807, 2.05) is 6.92 Å². The molecule has 1 saturated heterocycles. The van der Waals surface area contributed by atoms with Crippen molar-refractivity contribution in [2.45, 2.75) is 24.7 Å². The van der Waals surface area contributed by atoms with E-state index in [2.05, 4.69) is 4.72 Å². The molecule has 1 aromatic rings. The van der Waals surface area contributed by atoms with Crippen LogP contribution in [0.1, 0.15) is 19.8 Å². The highest BCUT2D eigenvalue weighted by Crippen LogP contribution is 2.29. The number of sulfonamides is 1. The third-order valence-corrected chi connectivity index (χ3v) is 5.11. The molecule has 0 saturated carbocycles. The van der Waals surface area contributed by atoms with Crippen LogP contribution in [0.5, 0.6) is 0 Å². The van der Waals surface area contributed by atoms with Crippen molar-refractivity contribution in [1.29, 1.82) is 0 Å². The largest absolute Gasteiger partial charge is 0.398 e. The number of halogens is 1. The van der Waals surface area contributed by atoms with E-state index in [1.165, 1.54) is 6.07 Å². The van der Waals surface area contributed by atoms with E-state index in [0.717, 1.165) is 25.0 Å². The van der Waals surface area contributed by atoms with Crippen molar-refractivity contribution in [1.82, 2.24) is 4.72 Å². The average molecular weight is 302 g/mol. The Morgan fingerprint density at radius 3 is 2.70 bits per heavy atom. The van der Waals surface area contributed by atoms with Gasteiger partial charge < -0.3 is 10.5 Å². The summed E-state index contributed by atoms with van der Waals surface area (Å²) in [7, 11) is -3.81. The molecular formula is C13H19FN2O3S. The van der Waals surface area contributed by atoms with Crippen molar-refractivity contribution < 1.29 is 17.5 Å². The first kappa shape index (κ1) is 15.2. The van der Waals surface area contributed by atoms with Crippen LogP contribution in [-0.2, 0) is 14.8 Å². The van der Waals surface area contributed by atoms with Gasteiger partial charge in [0.2, 0.25) is 10.0 Å². The number of hydrogen-bond donors (Lipinski definition) is 2. The number of benzene rings is 1. The zero-order valence-electron chi connectivity index (χ0n) is 11.4. The van der Waals surface area contributed by atoms with E-state index in [1.54, 1.807) is 0 Å². The molecule has 2 rings (SSSR count). The molecule has 1 aromatic carbocycles. The maximum absolute atomic E-state index is 13.2. The second kappa shape index (κ2) is 5.67. The predicted octanol–water partition coefficient (Wildman–Crippen LogP) is 1.50. The van der Waals surface area contributed by atoms with Crippen molar-refractivity contribution in [3.63, 3.8) is 0 Å².